The SMILES string of the molecule is NC(F)(NC(=O)c1ncnc2ccccc12)c1ccccc1-c1ncccn1. The number of fused-ring (bicyclic) bond motifs is 1. The number of carbonyl (C=O) groups is 1. The number of rotatable bonds is 4. The van der Waals surface area contributed by atoms with Gasteiger partial charge in [-0.2, -0.15) is 4.39 Å². The molecule has 2 heterocycles. The summed E-state index contributed by atoms with van der Waals surface area (Å²) >= 11 is 0. The Hall–Kier alpha value is -3.78. The molecule has 0 aliphatic carbocycles. The molecule has 0 aliphatic heterocycles. The predicted molar refractivity (Wildman–Crippen MR) is 101 cm³/mol. The van der Waals surface area contributed by atoms with Crippen molar-refractivity contribution in [2.24, 2.45) is 5.73 Å². The molecule has 1 atom stereocenters. The van der Waals surface area contributed by atoms with Crippen molar-refractivity contribution in [3.05, 3.63) is 84.6 Å². The van der Waals surface area contributed by atoms with Gasteiger partial charge in [0.2, 0.25) is 0 Å². The van der Waals surface area contributed by atoms with Crippen LogP contribution in [0.4, 0.5) is 4.39 Å². The third-order valence-corrected chi connectivity index (χ3v) is 4.18. The van der Waals surface area contributed by atoms with Crippen LogP contribution in [0.3, 0.4) is 0 Å². The van der Waals surface area contributed by atoms with Gasteiger partial charge in [0.1, 0.15) is 12.0 Å². The van der Waals surface area contributed by atoms with E-state index in [1.54, 1.807) is 60.9 Å². The van der Waals surface area contributed by atoms with Crippen LogP contribution in [0.5, 0.6) is 0 Å². The van der Waals surface area contributed by atoms with Crippen molar-refractivity contribution in [3.63, 3.8) is 0 Å². The van der Waals surface area contributed by atoms with Crippen molar-refractivity contribution in [3.8, 4) is 11.4 Å². The molecule has 138 valence electrons. The van der Waals surface area contributed by atoms with Crippen LogP contribution in [-0.4, -0.2) is 25.8 Å². The minimum Gasteiger partial charge on any atom is -0.302 e. The van der Waals surface area contributed by atoms with Crippen LogP contribution in [0.15, 0.2) is 73.3 Å². The van der Waals surface area contributed by atoms with Crippen molar-refractivity contribution in [2.75, 3.05) is 0 Å². The number of nitrogens with one attached hydrogen (secondary N) is 1. The largest absolute Gasteiger partial charge is 0.302 e. The third-order valence-electron chi connectivity index (χ3n) is 4.18. The zero-order valence-corrected chi connectivity index (χ0v) is 14.6. The molecule has 28 heavy (non-hydrogen) atoms. The lowest BCUT2D eigenvalue weighted by molar-refractivity contribution is 0.0714. The first-order valence-corrected chi connectivity index (χ1v) is 8.43. The summed E-state index contributed by atoms with van der Waals surface area (Å²) in [4.78, 5) is 29.1. The van der Waals surface area contributed by atoms with Gasteiger partial charge in [0.15, 0.2) is 5.82 Å². The lowest BCUT2D eigenvalue weighted by Crippen LogP contribution is -2.50. The molecule has 0 aliphatic rings. The van der Waals surface area contributed by atoms with Crippen molar-refractivity contribution in [1.29, 1.82) is 0 Å². The predicted octanol–water partition coefficient (Wildman–Crippen LogP) is 2.56. The lowest BCUT2D eigenvalue weighted by Gasteiger charge is -2.24. The Labute approximate surface area is 159 Å². The van der Waals surface area contributed by atoms with E-state index in [9.17, 15) is 4.79 Å². The van der Waals surface area contributed by atoms with E-state index in [4.69, 9.17) is 5.73 Å². The van der Waals surface area contributed by atoms with Crippen LogP contribution in [0.25, 0.3) is 22.3 Å². The monoisotopic (exact) mass is 374 g/mol. The molecule has 0 saturated heterocycles. The van der Waals surface area contributed by atoms with E-state index in [-0.39, 0.29) is 11.3 Å². The number of nitrogens with zero attached hydrogens (tertiary/aromatic N) is 4. The van der Waals surface area contributed by atoms with Crippen molar-refractivity contribution < 1.29 is 9.18 Å². The summed E-state index contributed by atoms with van der Waals surface area (Å²) in [5, 5.41) is 2.72. The second kappa shape index (κ2) is 7.09. The minimum atomic E-state index is -2.67. The number of alkyl halides is 1. The van der Waals surface area contributed by atoms with Gasteiger partial charge in [0.05, 0.1) is 5.52 Å². The Morgan fingerprint density at radius 3 is 2.46 bits per heavy atom. The quantitative estimate of drug-likeness (QED) is 0.420. The van der Waals surface area contributed by atoms with E-state index in [1.807, 2.05) is 0 Å². The van der Waals surface area contributed by atoms with Crippen molar-refractivity contribution >= 4 is 16.8 Å². The van der Waals surface area contributed by atoms with Gasteiger partial charge in [-0.05, 0) is 12.1 Å². The fourth-order valence-corrected chi connectivity index (χ4v) is 2.91. The maximum Gasteiger partial charge on any atom is 0.274 e. The van der Waals surface area contributed by atoms with Crippen LogP contribution < -0.4 is 11.1 Å². The number of nitrogens with two attached hydrogens (primary N) is 1. The van der Waals surface area contributed by atoms with E-state index in [2.05, 4.69) is 25.3 Å². The first-order chi connectivity index (χ1) is 13.6. The Kier molecular flexibility index (Phi) is 4.46. The molecule has 0 radical (unpaired) electrons. The van der Waals surface area contributed by atoms with E-state index in [0.29, 0.717) is 22.3 Å². The van der Waals surface area contributed by atoms with Gasteiger partial charge in [-0.25, -0.2) is 19.9 Å². The van der Waals surface area contributed by atoms with Crippen molar-refractivity contribution in [1.82, 2.24) is 25.3 Å². The first-order valence-electron chi connectivity index (χ1n) is 8.43. The smallest absolute Gasteiger partial charge is 0.274 e. The van der Waals surface area contributed by atoms with Gasteiger partial charge >= 0.3 is 0 Å². The summed E-state index contributed by atoms with van der Waals surface area (Å²) in [5.41, 5.74) is 6.88. The number of para-hydroxylation sites is 1. The lowest BCUT2D eigenvalue weighted by atomic mass is 10.0. The molecule has 0 saturated carbocycles. The average Bonchev–Trinajstić information content (AvgIpc) is 2.73. The maximum absolute atomic E-state index is 15.5. The standard InChI is InChI=1S/C20H15FN6O/c21-20(22,15-8-3-1-6-13(15)18-23-10-5-11-24-18)27-19(28)17-14-7-2-4-9-16(14)25-12-26-17/h1-12H,22H2,(H,27,28). The highest BCUT2D eigenvalue weighted by molar-refractivity contribution is 6.04. The molecule has 3 N–H and O–H groups in total. The second-order valence-electron chi connectivity index (χ2n) is 6.02. The Bertz CT molecular complexity index is 1140. The summed E-state index contributed by atoms with van der Waals surface area (Å²) in [6.07, 6.45) is 4.34. The summed E-state index contributed by atoms with van der Waals surface area (Å²) in [5.74, 6) is -3.13. The molecule has 1 unspecified atom stereocenters. The zero-order chi connectivity index (χ0) is 19.6. The van der Waals surface area contributed by atoms with Crippen LogP contribution in [-0.2, 0) is 5.92 Å². The van der Waals surface area contributed by atoms with Crippen LogP contribution in [0, 0.1) is 0 Å². The Balaban J connectivity index is 1.71. The van der Waals surface area contributed by atoms with E-state index >= 15 is 4.39 Å². The fraction of sp³-hybridized carbons (Fsp3) is 0.0500. The molecule has 7 nitrogen and oxygen atoms in total. The normalized spacial score (nSPS) is 13.1. The zero-order valence-electron chi connectivity index (χ0n) is 14.6. The van der Waals surface area contributed by atoms with E-state index < -0.39 is 11.8 Å². The molecule has 8 heteroatoms. The van der Waals surface area contributed by atoms with Gasteiger partial charge in [-0.3, -0.25) is 10.5 Å². The minimum absolute atomic E-state index is 0.0338. The first kappa shape index (κ1) is 17.6. The molecule has 0 spiro atoms. The van der Waals surface area contributed by atoms with E-state index in [1.165, 1.54) is 12.4 Å². The van der Waals surface area contributed by atoms with E-state index in [0.717, 1.165) is 0 Å². The Morgan fingerprint density at radius 2 is 1.64 bits per heavy atom. The highest BCUT2D eigenvalue weighted by Crippen LogP contribution is 2.28. The number of hydrogen-bond donors (Lipinski definition) is 2. The molecule has 2 aromatic carbocycles. The molecule has 0 fully saturated rings. The number of benzene rings is 2. The summed E-state index contributed by atoms with van der Waals surface area (Å²) in [6, 6.07) is 15.1. The maximum atomic E-state index is 15.5. The molecule has 0 bridgehead atoms. The van der Waals surface area contributed by atoms with Gasteiger partial charge in [-0.1, -0.05) is 42.5 Å². The Morgan fingerprint density at radius 1 is 0.929 bits per heavy atom. The molecule has 2 aromatic heterocycles. The molecule has 1 amide bonds. The van der Waals surface area contributed by atoms with Gasteiger partial charge in [-0.15, -0.1) is 0 Å². The molecular weight excluding hydrogens is 359 g/mol. The van der Waals surface area contributed by atoms with Gasteiger partial charge in [0, 0.05) is 28.9 Å². The fourth-order valence-electron chi connectivity index (χ4n) is 2.91. The molecule has 4 aromatic rings. The number of hydrogen-bond acceptors (Lipinski definition) is 6. The number of carbonyl (C=O) groups excluding carboxylic acids is 1. The second-order valence-corrected chi connectivity index (χ2v) is 6.02. The summed E-state index contributed by atoms with van der Waals surface area (Å²) < 4.78 is 15.5. The number of aromatic nitrogens is 4. The van der Waals surface area contributed by atoms with Gasteiger partial charge in [0.25, 0.3) is 11.8 Å². The molecular formula is C20H15FN6O. The van der Waals surface area contributed by atoms with Gasteiger partial charge < -0.3 is 5.32 Å². The third kappa shape index (κ3) is 3.28. The highest BCUT2D eigenvalue weighted by Gasteiger charge is 2.33. The average molecular weight is 374 g/mol. The summed E-state index contributed by atoms with van der Waals surface area (Å²) in [6.45, 7) is 0. The summed E-state index contributed by atoms with van der Waals surface area (Å²) in [7, 11) is 0. The number of amides is 1. The van der Waals surface area contributed by atoms with Crippen LogP contribution in [0.1, 0.15) is 16.1 Å². The topological polar surface area (TPSA) is 107 Å². The van der Waals surface area contributed by atoms with Crippen molar-refractivity contribution in [2.45, 2.75) is 5.92 Å². The van der Waals surface area contributed by atoms with Crippen LogP contribution >= 0.6 is 0 Å². The molecule has 4 rings (SSSR count). The van der Waals surface area contributed by atoms with Crippen LogP contribution in [0.2, 0.25) is 0 Å². The highest BCUT2D eigenvalue weighted by atomic mass is 19.1. The number of halogens is 1.